The zero-order valence-electron chi connectivity index (χ0n) is 8.96. The third-order valence-electron chi connectivity index (χ3n) is 2.24. The molecule has 0 spiro atoms. The fourth-order valence-electron chi connectivity index (χ4n) is 1.31. The molecule has 2 N–H and O–H groups in total. The molecule has 0 saturated carbocycles. The molecule has 0 amide bonds. The van der Waals surface area contributed by atoms with Crippen LogP contribution in [0.1, 0.15) is 12.0 Å². The highest BCUT2D eigenvalue weighted by Crippen LogP contribution is 2.19. The third kappa shape index (κ3) is 2.60. The van der Waals surface area contributed by atoms with Crippen molar-refractivity contribution >= 4 is 11.3 Å². The lowest BCUT2D eigenvalue weighted by Gasteiger charge is -2.13. The maximum absolute atomic E-state index is 5.48. The highest BCUT2D eigenvalue weighted by Gasteiger charge is 1.99. The molecule has 0 radical (unpaired) electrons. The van der Waals surface area contributed by atoms with Gasteiger partial charge < -0.3 is 10.6 Å². The molecular formula is C12H18N2. The van der Waals surface area contributed by atoms with Gasteiger partial charge in [-0.3, -0.25) is 0 Å². The molecule has 0 bridgehead atoms. The van der Waals surface area contributed by atoms with E-state index in [4.69, 9.17) is 5.73 Å². The summed E-state index contributed by atoms with van der Waals surface area (Å²) in [7, 11) is 4.06. The van der Waals surface area contributed by atoms with Crippen molar-refractivity contribution in [2.45, 2.75) is 6.42 Å². The largest absolute Gasteiger partial charge is 0.378 e. The van der Waals surface area contributed by atoms with E-state index in [1.807, 2.05) is 14.1 Å². The first-order valence-electron chi connectivity index (χ1n) is 4.80. The summed E-state index contributed by atoms with van der Waals surface area (Å²) < 4.78 is 0. The molecule has 0 aliphatic carbocycles. The van der Waals surface area contributed by atoms with E-state index in [2.05, 4.69) is 35.7 Å². The van der Waals surface area contributed by atoms with E-state index in [1.54, 1.807) is 0 Å². The fourth-order valence-corrected chi connectivity index (χ4v) is 1.31. The highest BCUT2D eigenvalue weighted by molar-refractivity contribution is 5.65. The van der Waals surface area contributed by atoms with E-state index >= 15 is 0 Å². The quantitative estimate of drug-likeness (QED) is 0.788. The molecule has 0 unspecified atom stereocenters. The minimum absolute atomic E-state index is 0.661. The molecule has 76 valence electrons. The van der Waals surface area contributed by atoms with Gasteiger partial charge in [-0.05, 0) is 36.2 Å². The predicted octanol–water partition coefficient (Wildman–Crippen LogP) is 2.11. The monoisotopic (exact) mass is 190 g/mol. The van der Waals surface area contributed by atoms with E-state index in [-0.39, 0.29) is 0 Å². The van der Waals surface area contributed by atoms with Gasteiger partial charge in [-0.15, -0.1) is 0 Å². The van der Waals surface area contributed by atoms with Crippen LogP contribution in [0.15, 0.2) is 30.8 Å². The maximum atomic E-state index is 5.48. The second-order valence-corrected chi connectivity index (χ2v) is 3.58. The molecule has 1 rings (SSSR count). The minimum atomic E-state index is 0.661. The summed E-state index contributed by atoms with van der Waals surface area (Å²) in [4.78, 5) is 2.08. The van der Waals surface area contributed by atoms with Crippen molar-refractivity contribution in [3.63, 3.8) is 0 Å². The van der Waals surface area contributed by atoms with E-state index in [0.29, 0.717) is 6.54 Å². The normalized spacial score (nSPS) is 9.93. The summed E-state index contributed by atoms with van der Waals surface area (Å²) in [6, 6.07) is 8.37. The summed E-state index contributed by atoms with van der Waals surface area (Å²) in [5.41, 5.74) is 8.97. The molecule has 14 heavy (non-hydrogen) atoms. The molecule has 0 heterocycles. The van der Waals surface area contributed by atoms with Crippen LogP contribution in [-0.4, -0.2) is 20.6 Å². The van der Waals surface area contributed by atoms with Crippen LogP contribution in [0.4, 0.5) is 5.69 Å². The molecule has 0 fully saturated rings. The molecule has 2 nitrogen and oxygen atoms in total. The van der Waals surface area contributed by atoms with Gasteiger partial charge in [0.1, 0.15) is 0 Å². The molecule has 1 aromatic rings. The number of nitrogens with two attached hydrogens (primary N) is 1. The third-order valence-corrected chi connectivity index (χ3v) is 2.24. The van der Waals surface area contributed by atoms with Gasteiger partial charge >= 0.3 is 0 Å². The zero-order valence-corrected chi connectivity index (χ0v) is 8.96. The Bertz CT molecular complexity index is 299. The Morgan fingerprint density at radius 2 is 1.86 bits per heavy atom. The Hall–Kier alpha value is -1.28. The van der Waals surface area contributed by atoms with Crippen molar-refractivity contribution in [2.75, 3.05) is 25.5 Å². The average molecular weight is 190 g/mol. The summed E-state index contributed by atoms with van der Waals surface area (Å²) in [6.45, 7) is 4.66. The van der Waals surface area contributed by atoms with E-state index in [9.17, 15) is 0 Å². The standard InChI is InChI=1S/C12H18N2/c1-10(8-9-13)11-4-6-12(7-5-11)14(2)3/h4-7H,1,8-9,13H2,2-3H3. The highest BCUT2D eigenvalue weighted by atomic mass is 15.1. The Labute approximate surface area is 86.0 Å². The van der Waals surface area contributed by atoms with E-state index < -0.39 is 0 Å². The second kappa shape index (κ2) is 4.82. The smallest absolute Gasteiger partial charge is 0.0361 e. The fraction of sp³-hybridized carbons (Fsp3) is 0.333. The summed E-state index contributed by atoms with van der Waals surface area (Å²) in [5.74, 6) is 0. The maximum Gasteiger partial charge on any atom is 0.0361 e. The number of hydrogen-bond donors (Lipinski definition) is 1. The summed E-state index contributed by atoms with van der Waals surface area (Å²) in [6.07, 6.45) is 0.862. The van der Waals surface area contributed by atoms with Crippen molar-refractivity contribution in [1.82, 2.24) is 0 Å². The molecule has 1 aromatic carbocycles. The van der Waals surface area contributed by atoms with Gasteiger partial charge in [0.15, 0.2) is 0 Å². The lowest BCUT2D eigenvalue weighted by Crippen LogP contribution is -2.08. The molecule has 2 heteroatoms. The van der Waals surface area contributed by atoms with E-state index in [1.165, 1.54) is 11.3 Å². The second-order valence-electron chi connectivity index (χ2n) is 3.58. The number of benzene rings is 1. The number of anilines is 1. The van der Waals surface area contributed by atoms with Gasteiger partial charge in [-0.2, -0.15) is 0 Å². The summed E-state index contributed by atoms with van der Waals surface area (Å²) in [5, 5.41) is 0. The molecule has 0 aromatic heterocycles. The van der Waals surface area contributed by atoms with Crippen molar-refractivity contribution < 1.29 is 0 Å². The first-order chi connectivity index (χ1) is 6.65. The Morgan fingerprint density at radius 1 is 1.29 bits per heavy atom. The van der Waals surface area contributed by atoms with E-state index in [0.717, 1.165) is 12.0 Å². The van der Waals surface area contributed by atoms with Crippen LogP contribution < -0.4 is 10.6 Å². The van der Waals surface area contributed by atoms with Gasteiger partial charge in [0.05, 0.1) is 0 Å². The van der Waals surface area contributed by atoms with Gasteiger partial charge in [0, 0.05) is 19.8 Å². The molecule has 0 atom stereocenters. The van der Waals surface area contributed by atoms with Gasteiger partial charge in [0.2, 0.25) is 0 Å². The Kier molecular flexibility index (Phi) is 3.72. The lowest BCUT2D eigenvalue weighted by atomic mass is 10.0. The van der Waals surface area contributed by atoms with Gasteiger partial charge in [0.25, 0.3) is 0 Å². The number of hydrogen-bond acceptors (Lipinski definition) is 2. The average Bonchev–Trinajstić information content (AvgIpc) is 2.18. The SMILES string of the molecule is C=C(CCN)c1ccc(N(C)C)cc1. The minimum Gasteiger partial charge on any atom is -0.378 e. The van der Waals surface area contributed by atoms with Crippen molar-refractivity contribution in [3.05, 3.63) is 36.4 Å². The lowest BCUT2D eigenvalue weighted by molar-refractivity contribution is 1.02. The topological polar surface area (TPSA) is 29.3 Å². The number of rotatable bonds is 4. The van der Waals surface area contributed by atoms with Crippen LogP contribution in [0, 0.1) is 0 Å². The summed E-state index contributed by atoms with van der Waals surface area (Å²) >= 11 is 0. The van der Waals surface area contributed by atoms with Crippen LogP contribution >= 0.6 is 0 Å². The van der Waals surface area contributed by atoms with Gasteiger partial charge in [-0.25, -0.2) is 0 Å². The van der Waals surface area contributed by atoms with Crippen LogP contribution in [0.3, 0.4) is 0 Å². The molecule has 0 aliphatic heterocycles. The first kappa shape index (κ1) is 10.8. The van der Waals surface area contributed by atoms with Crippen molar-refractivity contribution in [1.29, 1.82) is 0 Å². The molecule has 0 saturated heterocycles. The van der Waals surface area contributed by atoms with Crippen molar-refractivity contribution in [2.24, 2.45) is 5.73 Å². The predicted molar refractivity (Wildman–Crippen MR) is 63.5 cm³/mol. The van der Waals surface area contributed by atoms with Crippen LogP contribution in [0.2, 0.25) is 0 Å². The van der Waals surface area contributed by atoms with Crippen LogP contribution in [0.5, 0.6) is 0 Å². The van der Waals surface area contributed by atoms with Gasteiger partial charge in [-0.1, -0.05) is 18.7 Å². The van der Waals surface area contributed by atoms with Crippen molar-refractivity contribution in [3.8, 4) is 0 Å². The molecular weight excluding hydrogens is 172 g/mol. The molecule has 0 aliphatic rings. The zero-order chi connectivity index (χ0) is 10.6. The van der Waals surface area contributed by atoms with Crippen LogP contribution in [-0.2, 0) is 0 Å². The van der Waals surface area contributed by atoms with Crippen LogP contribution in [0.25, 0.3) is 5.57 Å². The first-order valence-corrected chi connectivity index (χ1v) is 4.80. The number of nitrogens with zero attached hydrogens (tertiary/aromatic N) is 1. The Morgan fingerprint density at radius 3 is 2.29 bits per heavy atom. The Balaban J connectivity index is 2.78.